The summed E-state index contributed by atoms with van der Waals surface area (Å²) in [5, 5.41) is -0.0380. The van der Waals surface area contributed by atoms with Crippen LogP contribution in [0.4, 0.5) is 8.78 Å². The molecule has 8 heteroatoms. The summed E-state index contributed by atoms with van der Waals surface area (Å²) in [6.07, 6.45) is -2.76. The summed E-state index contributed by atoms with van der Waals surface area (Å²) in [6, 6.07) is 4.19. The highest BCUT2D eigenvalue weighted by atomic mass is 35.5. The Kier molecular flexibility index (Phi) is 4.81. The van der Waals surface area contributed by atoms with Gasteiger partial charge >= 0.3 is 0 Å². The molecule has 0 unspecified atom stereocenters. The molecule has 1 rings (SSSR count). The smallest absolute Gasteiger partial charge is 0.251 e. The van der Waals surface area contributed by atoms with Crippen LogP contribution in [0, 0.1) is 0 Å². The van der Waals surface area contributed by atoms with Gasteiger partial charge in [-0.05, 0) is 17.7 Å². The molecule has 0 aliphatic heterocycles. The van der Waals surface area contributed by atoms with Crippen molar-refractivity contribution in [3.05, 3.63) is 28.8 Å². The van der Waals surface area contributed by atoms with Gasteiger partial charge in [0.2, 0.25) is 10.0 Å². The van der Waals surface area contributed by atoms with Crippen LogP contribution in [0.3, 0.4) is 0 Å². The molecule has 0 atom stereocenters. The van der Waals surface area contributed by atoms with Crippen molar-refractivity contribution in [2.24, 2.45) is 5.73 Å². The fourth-order valence-corrected chi connectivity index (χ4v) is 2.69. The third-order valence-electron chi connectivity index (χ3n) is 1.95. The van der Waals surface area contributed by atoms with Crippen molar-refractivity contribution in [2.75, 3.05) is 6.54 Å². The molecule has 17 heavy (non-hydrogen) atoms. The average molecular weight is 285 g/mol. The van der Waals surface area contributed by atoms with Gasteiger partial charge in [-0.2, -0.15) is 0 Å². The third-order valence-corrected chi connectivity index (χ3v) is 3.85. The lowest BCUT2D eigenvalue weighted by Gasteiger charge is -2.09. The van der Waals surface area contributed by atoms with E-state index in [2.05, 4.69) is 0 Å². The fraction of sp³-hybridized carbons (Fsp3) is 0.333. The third kappa shape index (κ3) is 3.88. The Labute approximate surface area is 103 Å². The van der Waals surface area contributed by atoms with Gasteiger partial charge in [-0.15, -0.1) is 0 Å². The molecule has 0 fully saturated rings. The number of sulfonamides is 1. The number of rotatable bonds is 5. The predicted molar refractivity (Wildman–Crippen MR) is 60.5 cm³/mol. The largest absolute Gasteiger partial charge is 0.326 e. The molecule has 0 amide bonds. The van der Waals surface area contributed by atoms with E-state index in [1.165, 1.54) is 12.1 Å². The summed E-state index contributed by atoms with van der Waals surface area (Å²) in [4.78, 5) is -0.247. The van der Waals surface area contributed by atoms with Gasteiger partial charge in [0.05, 0.1) is 11.6 Å². The number of benzene rings is 1. The van der Waals surface area contributed by atoms with Crippen molar-refractivity contribution < 1.29 is 17.2 Å². The predicted octanol–water partition coefficient (Wildman–Crippen LogP) is 1.34. The summed E-state index contributed by atoms with van der Waals surface area (Å²) in [5.41, 5.74) is 5.90. The first kappa shape index (κ1) is 14.3. The van der Waals surface area contributed by atoms with Gasteiger partial charge in [-0.3, -0.25) is 0 Å². The van der Waals surface area contributed by atoms with Gasteiger partial charge in [-0.25, -0.2) is 21.9 Å². The monoisotopic (exact) mass is 284 g/mol. The highest BCUT2D eigenvalue weighted by Gasteiger charge is 2.19. The van der Waals surface area contributed by atoms with E-state index in [1.807, 2.05) is 0 Å². The average Bonchev–Trinajstić information content (AvgIpc) is 2.27. The molecule has 1 aromatic carbocycles. The molecule has 0 aliphatic rings. The molecule has 1 aromatic rings. The van der Waals surface area contributed by atoms with Crippen molar-refractivity contribution in [3.63, 3.8) is 0 Å². The van der Waals surface area contributed by atoms with Crippen LogP contribution in [0.15, 0.2) is 23.1 Å². The van der Waals surface area contributed by atoms with Crippen LogP contribution in [-0.4, -0.2) is 21.4 Å². The standard InChI is InChI=1S/C9H11ClF2N2O2S/c10-7-2-1-6(4-13)3-8(7)17(15,16)14-5-9(11)12/h1-3,9,14H,4-5,13H2. The molecular formula is C9H11ClF2N2O2S. The van der Waals surface area contributed by atoms with Gasteiger partial charge in [0.15, 0.2) is 0 Å². The van der Waals surface area contributed by atoms with Crippen molar-refractivity contribution >= 4 is 21.6 Å². The minimum atomic E-state index is -4.04. The van der Waals surface area contributed by atoms with Gasteiger partial charge in [0.25, 0.3) is 6.43 Å². The van der Waals surface area contributed by atoms with Crippen molar-refractivity contribution in [2.45, 2.75) is 17.9 Å². The van der Waals surface area contributed by atoms with E-state index in [4.69, 9.17) is 17.3 Å². The van der Waals surface area contributed by atoms with E-state index in [1.54, 1.807) is 10.8 Å². The van der Waals surface area contributed by atoms with Gasteiger partial charge < -0.3 is 5.73 Å². The van der Waals surface area contributed by atoms with E-state index in [0.717, 1.165) is 0 Å². The first-order chi connectivity index (χ1) is 7.86. The SMILES string of the molecule is NCc1ccc(Cl)c(S(=O)(=O)NCC(F)F)c1. The van der Waals surface area contributed by atoms with Crippen LogP contribution < -0.4 is 10.5 Å². The maximum absolute atomic E-state index is 11.9. The van der Waals surface area contributed by atoms with Crippen LogP contribution >= 0.6 is 11.6 Å². The van der Waals surface area contributed by atoms with Gasteiger partial charge in [0.1, 0.15) is 4.90 Å². The zero-order valence-corrected chi connectivity index (χ0v) is 10.2. The topological polar surface area (TPSA) is 72.2 Å². The Morgan fingerprint density at radius 1 is 1.41 bits per heavy atom. The fourth-order valence-electron chi connectivity index (χ4n) is 1.13. The summed E-state index contributed by atoms with van der Waals surface area (Å²) in [5.74, 6) is 0. The number of halogens is 3. The Morgan fingerprint density at radius 3 is 2.59 bits per heavy atom. The normalized spacial score (nSPS) is 12.1. The molecule has 0 aliphatic carbocycles. The van der Waals surface area contributed by atoms with E-state index in [0.29, 0.717) is 5.56 Å². The number of hydrogen-bond donors (Lipinski definition) is 2. The zero-order chi connectivity index (χ0) is 13.1. The lowest BCUT2D eigenvalue weighted by Crippen LogP contribution is -2.29. The molecule has 0 aromatic heterocycles. The second-order valence-corrected chi connectivity index (χ2v) is 5.35. The number of alkyl halides is 2. The van der Waals surface area contributed by atoms with Gasteiger partial charge in [0, 0.05) is 6.54 Å². The van der Waals surface area contributed by atoms with Crippen LogP contribution in [0.25, 0.3) is 0 Å². The Morgan fingerprint density at radius 2 is 2.06 bits per heavy atom. The van der Waals surface area contributed by atoms with Crippen molar-refractivity contribution in [1.82, 2.24) is 4.72 Å². The van der Waals surface area contributed by atoms with Crippen LogP contribution in [0.2, 0.25) is 5.02 Å². The van der Waals surface area contributed by atoms with E-state index in [-0.39, 0.29) is 16.5 Å². The highest BCUT2D eigenvalue weighted by Crippen LogP contribution is 2.22. The number of nitrogens with two attached hydrogens (primary N) is 1. The molecular weight excluding hydrogens is 274 g/mol. The lowest BCUT2D eigenvalue weighted by molar-refractivity contribution is 0.153. The zero-order valence-electron chi connectivity index (χ0n) is 8.66. The maximum atomic E-state index is 11.9. The molecule has 3 N–H and O–H groups in total. The summed E-state index contributed by atoms with van der Waals surface area (Å²) < 4.78 is 49.0. The molecule has 0 heterocycles. The Bertz CT molecular complexity index is 494. The van der Waals surface area contributed by atoms with Crippen molar-refractivity contribution in [3.8, 4) is 0 Å². The minimum Gasteiger partial charge on any atom is -0.326 e. The molecule has 0 radical (unpaired) electrons. The first-order valence-electron chi connectivity index (χ1n) is 4.63. The van der Waals surface area contributed by atoms with E-state index in [9.17, 15) is 17.2 Å². The molecule has 0 bridgehead atoms. The maximum Gasteiger partial charge on any atom is 0.251 e. The van der Waals surface area contributed by atoms with E-state index < -0.39 is 23.0 Å². The molecule has 0 saturated carbocycles. The Balaban J connectivity index is 3.05. The lowest BCUT2D eigenvalue weighted by atomic mass is 10.2. The van der Waals surface area contributed by atoms with Crippen LogP contribution in [0.5, 0.6) is 0 Å². The summed E-state index contributed by atoms with van der Waals surface area (Å²) >= 11 is 5.71. The summed E-state index contributed by atoms with van der Waals surface area (Å²) in [7, 11) is -4.04. The molecule has 4 nitrogen and oxygen atoms in total. The quantitative estimate of drug-likeness (QED) is 0.857. The van der Waals surface area contributed by atoms with Crippen LogP contribution in [-0.2, 0) is 16.6 Å². The molecule has 0 saturated heterocycles. The number of nitrogens with one attached hydrogen (secondary N) is 1. The Hall–Kier alpha value is -0.760. The molecule has 0 spiro atoms. The second-order valence-electron chi connectivity index (χ2n) is 3.21. The second kappa shape index (κ2) is 5.72. The van der Waals surface area contributed by atoms with Gasteiger partial charge in [-0.1, -0.05) is 17.7 Å². The highest BCUT2D eigenvalue weighted by molar-refractivity contribution is 7.89. The number of hydrogen-bond acceptors (Lipinski definition) is 3. The molecule has 96 valence electrons. The first-order valence-corrected chi connectivity index (χ1v) is 6.49. The minimum absolute atomic E-state index is 0.0380. The summed E-state index contributed by atoms with van der Waals surface area (Å²) in [6.45, 7) is -0.819. The van der Waals surface area contributed by atoms with Crippen LogP contribution in [0.1, 0.15) is 5.56 Å². The van der Waals surface area contributed by atoms with Crippen molar-refractivity contribution in [1.29, 1.82) is 0 Å². The van der Waals surface area contributed by atoms with E-state index >= 15 is 0 Å².